The SMILES string of the molecule is CCCCCOc1c2cc(NN3C(=O)c4cccc5cccc(c45)C3=O)cc1Cc1cc(C(C)(C)C)cc(c1OCCCCC)Cc1cc(NN3C(=O)c4cccc5cccc(c45)C3=O)cc(c1OCCCCC)Cc1cc(C(C)(C)C)cc(c1OCCCCC)C2. The summed E-state index contributed by atoms with van der Waals surface area (Å²) in [7, 11) is 0. The number of carbonyl (C=O) groups excluding carboxylic acids is 4. The fourth-order valence-electron chi connectivity index (χ4n) is 13.3. The highest BCUT2D eigenvalue weighted by Gasteiger charge is 2.36. The number of hydrazine groups is 2. The molecule has 0 saturated heterocycles. The maximum Gasteiger partial charge on any atom is 0.280 e. The van der Waals surface area contributed by atoms with Gasteiger partial charge in [-0.05, 0) is 129 Å². The molecule has 8 bridgehead atoms. The van der Waals surface area contributed by atoms with Gasteiger partial charge in [-0.15, -0.1) is 0 Å². The number of hydrogen-bond acceptors (Lipinski definition) is 10. The fraction of sp³-hybridized carbons (Fsp3) is 0.400. The predicted octanol–water partition coefficient (Wildman–Crippen LogP) is 18.8. The van der Waals surface area contributed by atoms with E-state index in [1.807, 2.05) is 48.5 Å². The van der Waals surface area contributed by atoms with E-state index in [0.29, 0.717) is 96.5 Å². The van der Waals surface area contributed by atoms with Crippen molar-refractivity contribution in [2.45, 2.75) is 183 Å². The number of fused-ring (bicyclic) bond motifs is 8. The summed E-state index contributed by atoms with van der Waals surface area (Å²) in [4.78, 5) is 59.2. The third-order valence-electron chi connectivity index (χ3n) is 18.2. The maximum atomic E-state index is 14.8. The molecule has 8 aromatic rings. The van der Waals surface area contributed by atoms with E-state index in [2.05, 4.69) is 129 Å². The first-order valence-corrected chi connectivity index (χ1v) is 33.9. The van der Waals surface area contributed by atoms with Crippen molar-refractivity contribution in [1.82, 2.24) is 10.0 Å². The first-order valence-electron chi connectivity index (χ1n) is 33.9. The second-order valence-electron chi connectivity index (χ2n) is 27.5. The largest absolute Gasteiger partial charge is 0.493 e. The van der Waals surface area contributed by atoms with E-state index in [4.69, 9.17) is 18.9 Å². The van der Waals surface area contributed by atoms with E-state index in [0.717, 1.165) is 166 Å². The van der Waals surface area contributed by atoms with Gasteiger partial charge in [0.15, 0.2) is 0 Å². The Morgan fingerprint density at radius 1 is 0.348 bits per heavy atom. The average molecular weight is 1240 g/mol. The maximum absolute atomic E-state index is 14.8. The number of nitrogens with one attached hydrogen (secondary N) is 2. The van der Waals surface area contributed by atoms with Crippen LogP contribution in [0.1, 0.15) is 243 Å². The highest BCUT2D eigenvalue weighted by Crippen LogP contribution is 2.45. The van der Waals surface area contributed by atoms with Crippen LogP contribution < -0.4 is 29.8 Å². The second-order valence-corrected chi connectivity index (χ2v) is 27.5. The number of benzene rings is 8. The molecular weight excluding hydrogens is 1140 g/mol. The van der Waals surface area contributed by atoms with Crippen molar-refractivity contribution in [2.75, 3.05) is 37.3 Å². The number of rotatable bonds is 24. The minimum Gasteiger partial charge on any atom is -0.493 e. The van der Waals surface area contributed by atoms with Gasteiger partial charge in [0, 0.05) is 58.7 Å². The van der Waals surface area contributed by atoms with Crippen molar-refractivity contribution < 1.29 is 38.1 Å². The van der Waals surface area contributed by atoms with Gasteiger partial charge in [0.2, 0.25) is 0 Å². The molecule has 8 aromatic carbocycles. The predicted molar refractivity (Wildman–Crippen MR) is 371 cm³/mol. The van der Waals surface area contributed by atoms with Crippen molar-refractivity contribution in [2.24, 2.45) is 0 Å². The van der Waals surface area contributed by atoms with Gasteiger partial charge in [0.1, 0.15) is 23.0 Å². The van der Waals surface area contributed by atoms with Gasteiger partial charge < -0.3 is 18.9 Å². The van der Waals surface area contributed by atoms with Crippen molar-refractivity contribution >= 4 is 56.5 Å². The number of ether oxygens (including phenoxy) is 4. The summed E-state index contributed by atoms with van der Waals surface area (Å²) < 4.78 is 28.9. The summed E-state index contributed by atoms with van der Waals surface area (Å²) >= 11 is 0. The average Bonchev–Trinajstić information content (AvgIpc) is 0.772. The minimum atomic E-state index is -0.431. The first kappa shape index (κ1) is 64.9. The van der Waals surface area contributed by atoms with Crippen molar-refractivity contribution in [3.05, 3.63) is 199 Å². The molecule has 2 aliphatic heterocycles. The Balaban J connectivity index is 1.18. The van der Waals surface area contributed by atoms with Crippen LogP contribution in [0.3, 0.4) is 0 Å². The summed E-state index contributed by atoms with van der Waals surface area (Å²) in [6, 6.07) is 39.8. The Morgan fingerprint density at radius 3 is 0.815 bits per heavy atom. The number of nitrogens with zero attached hydrogens (tertiary/aromatic N) is 2. The Morgan fingerprint density at radius 2 is 0.587 bits per heavy atom. The lowest BCUT2D eigenvalue weighted by molar-refractivity contribution is 0.0633. The van der Waals surface area contributed by atoms with Crippen LogP contribution in [-0.4, -0.2) is 60.1 Å². The van der Waals surface area contributed by atoms with Gasteiger partial charge in [0.25, 0.3) is 23.6 Å². The molecule has 11 rings (SSSR count). The molecule has 0 atom stereocenters. The third-order valence-corrected chi connectivity index (χ3v) is 18.2. The van der Waals surface area contributed by atoms with Gasteiger partial charge >= 0.3 is 0 Å². The van der Waals surface area contributed by atoms with Crippen LogP contribution >= 0.6 is 0 Å². The Kier molecular flexibility index (Phi) is 19.8. The normalized spacial score (nSPS) is 13.9. The molecule has 12 heteroatoms. The second kappa shape index (κ2) is 28.1. The van der Waals surface area contributed by atoms with Gasteiger partial charge in [-0.25, -0.2) is 0 Å². The first-order chi connectivity index (χ1) is 44.4. The summed E-state index contributed by atoms with van der Waals surface area (Å²) in [5, 5.41) is 5.31. The van der Waals surface area contributed by atoms with Crippen LogP contribution in [0.2, 0.25) is 0 Å². The van der Waals surface area contributed by atoms with Crippen LogP contribution in [0.5, 0.6) is 23.0 Å². The molecule has 0 aromatic heterocycles. The standard InChI is InChI=1S/C80H92N4O8/c1-11-15-19-35-89-71-53-39-57-47-63(81-83-75(85)65-31-23-27-51-28-24-32-66(69(51)65)76(83)86)49-59(73(57)91-37-21-17-13-3)41-55-45-62(80(8,9)10)46-56(72(55)90-36-20-16-12-2)42-60-50-64(82-84-77(87)67-33-25-29-52-30-26-34-68(70(52)67)78(84)88)48-58(74(60)92-38-22-18-14-4)40-54(71)44-61(43-53)79(5,6)7/h23-34,43-50,81-82H,11-22,35-42H2,1-10H3. The third kappa shape index (κ3) is 13.8. The summed E-state index contributed by atoms with van der Waals surface area (Å²) in [6.45, 7) is 24.1. The number of imide groups is 2. The topological polar surface area (TPSA) is 136 Å². The van der Waals surface area contributed by atoms with Crippen LogP contribution in [0.25, 0.3) is 21.5 Å². The lowest BCUT2D eigenvalue weighted by Gasteiger charge is -2.30. The Hall–Kier alpha value is -8.64. The lowest BCUT2D eigenvalue weighted by Crippen LogP contribution is -2.44. The fourth-order valence-corrected chi connectivity index (χ4v) is 13.3. The highest BCUT2D eigenvalue weighted by atomic mass is 16.5. The van der Waals surface area contributed by atoms with Gasteiger partial charge in [0.05, 0.1) is 60.1 Å². The Labute approximate surface area is 544 Å². The van der Waals surface area contributed by atoms with Crippen molar-refractivity contribution in [3.8, 4) is 23.0 Å². The van der Waals surface area contributed by atoms with E-state index in [1.54, 1.807) is 24.3 Å². The smallest absolute Gasteiger partial charge is 0.280 e. The van der Waals surface area contributed by atoms with E-state index in [-0.39, 0.29) is 10.8 Å². The van der Waals surface area contributed by atoms with Crippen LogP contribution in [0.15, 0.2) is 121 Å². The van der Waals surface area contributed by atoms with E-state index in [1.165, 1.54) is 10.0 Å². The Bertz CT molecular complexity index is 3630. The van der Waals surface area contributed by atoms with Crippen molar-refractivity contribution in [1.29, 1.82) is 0 Å². The highest BCUT2D eigenvalue weighted by molar-refractivity contribution is 6.27. The van der Waals surface area contributed by atoms with E-state index in [9.17, 15) is 19.2 Å². The van der Waals surface area contributed by atoms with Crippen molar-refractivity contribution in [3.63, 3.8) is 0 Å². The summed E-state index contributed by atoms with van der Waals surface area (Å²) in [5.74, 6) is 1.28. The minimum absolute atomic E-state index is 0.323. The molecule has 12 nitrogen and oxygen atoms in total. The molecule has 480 valence electrons. The molecule has 1 aliphatic carbocycles. The summed E-state index contributed by atoms with van der Waals surface area (Å²) in [6.07, 6.45) is 12.9. The molecule has 0 spiro atoms. The van der Waals surface area contributed by atoms with Gasteiger partial charge in [-0.2, -0.15) is 10.0 Å². The zero-order valence-corrected chi connectivity index (χ0v) is 55.8. The number of anilines is 2. The molecule has 2 N–H and O–H groups in total. The molecule has 0 radical (unpaired) electrons. The molecule has 2 heterocycles. The summed E-state index contributed by atoms with van der Waals surface area (Å²) in [5.41, 5.74) is 18.6. The number of hydrogen-bond donors (Lipinski definition) is 2. The molecular formula is C80H92N4O8. The molecule has 92 heavy (non-hydrogen) atoms. The molecule has 0 saturated carbocycles. The van der Waals surface area contributed by atoms with Crippen LogP contribution in [0.4, 0.5) is 11.4 Å². The zero-order valence-electron chi connectivity index (χ0n) is 55.8. The van der Waals surface area contributed by atoms with E-state index >= 15 is 0 Å². The van der Waals surface area contributed by atoms with E-state index < -0.39 is 23.6 Å². The number of amides is 4. The molecule has 4 amide bonds. The zero-order chi connectivity index (χ0) is 64.8. The van der Waals surface area contributed by atoms with Crippen LogP contribution in [-0.2, 0) is 36.5 Å². The van der Waals surface area contributed by atoms with Gasteiger partial charge in [-0.1, -0.05) is 193 Å². The number of carbonyl (C=O) groups is 4. The quantitative estimate of drug-likeness (QED) is 0.0445. The lowest BCUT2D eigenvalue weighted by atomic mass is 9.81. The molecule has 0 unspecified atom stereocenters. The molecule has 0 fully saturated rings. The molecule has 3 aliphatic rings. The number of unbranched alkanes of at least 4 members (excludes halogenated alkanes) is 8. The van der Waals surface area contributed by atoms with Crippen LogP contribution in [0, 0.1) is 0 Å². The monoisotopic (exact) mass is 1240 g/mol. The van der Waals surface area contributed by atoms with Gasteiger partial charge in [-0.3, -0.25) is 30.0 Å².